The molecule has 0 amide bonds. The maximum atomic E-state index is 11.9. The van der Waals surface area contributed by atoms with Crippen LogP contribution in [0.3, 0.4) is 0 Å². The highest BCUT2D eigenvalue weighted by atomic mass is 32.2. The van der Waals surface area contributed by atoms with Gasteiger partial charge in [0.05, 0.1) is 10.6 Å². The number of thioether (sulfide) groups is 1. The van der Waals surface area contributed by atoms with Crippen molar-refractivity contribution < 1.29 is 4.79 Å². The number of carbonyl (C=O) groups excluding carboxylic acids is 1. The molecular weight excluding hydrogens is 264 g/mol. The Hall–Kier alpha value is -1.20. The van der Waals surface area contributed by atoms with Crippen LogP contribution in [0.25, 0.3) is 0 Å². The maximum Gasteiger partial charge on any atom is 0.187 e. The third kappa shape index (κ3) is 3.40. The summed E-state index contributed by atoms with van der Waals surface area (Å²) in [6.45, 7) is 4.03. The fourth-order valence-corrected chi connectivity index (χ4v) is 3.02. The van der Waals surface area contributed by atoms with Gasteiger partial charge in [0.2, 0.25) is 0 Å². The van der Waals surface area contributed by atoms with Crippen LogP contribution in [0.4, 0.5) is 0 Å². The Bertz CT molecular complexity index is 534. The highest BCUT2D eigenvalue weighted by Gasteiger charge is 2.10. The number of thiophene rings is 1. The summed E-state index contributed by atoms with van der Waals surface area (Å²) in [5.41, 5.74) is 1.02. The number of carbonyl (C=O) groups is 1. The summed E-state index contributed by atoms with van der Waals surface area (Å²) < 4.78 is 0. The lowest BCUT2D eigenvalue weighted by atomic mass is 10.3. The fourth-order valence-electron chi connectivity index (χ4n) is 1.37. The van der Waals surface area contributed by atoms with Crippen LogP contribution < -0.4 is 0 Å². The van der Waals surface area contributed by atoms with Gasteiger partial charge in [-0.1, -0.05) is 18.7 Å². The average molecular weight is 278 g/mol. The van der Waals surface area contributed by atoms with Crippen LogP contribution in [0.15, 0.2) is 29.7 Å². The van der Waals surface area contributed by atoms with Gasteiger partial charge in [0.15, 0.2) is 10.9 Å². The number of hydrogen-bond donors (Lipinski definition) is 0. The predicted molar refractivity (Wildman–Crippen MR) is 75.5 cm³/mol. The summed E-state index contributed by atoms with van der Waals surface area (Å²) in [6.07, 6.45) is 4.51. The number of nitrogens with zero attached hydrogens (tertiary/aromatic N) is 2. The van der Waals surface area contributed by atoms with Crippen molar-refractivity contribution in [2.45, 2.75) is 25.4 Å². The summed E-state index contributed by atoms with van der Waals surface area (Å²) in [4.78, 5) is 22.4. The molecule has 0 bridgehead atoms. The summed E-state index contributed by atoms with van der Waals surface area (Å²) in [6, 6.07) is 3.92. The molecule has 0 unspecified atom stereocenters. The normalized spacial score (nSPS) is 10.6. The van der Waals surface area contributed by atoms with E-state index in [4.69, 9.17) is 0 Å². The third-order valence-electron chi connectivity index (χ3n) is 2.37. The van der Waals surface area contributed by atoms with Crippen molar-refractivity contribution in [3.63, 3.8) is 0 Å². The first-order valence-corrected chi connectivity index (χ1v) is 7.52. The van der Waals surface area contributed by atoms with Crippen LogP contribution in [0.5, 0.6) is 0 Å². The van der Waals surface area contributed by atoms with Crippen molar-refractivity contribution in [3.8, 4) is 0 Å². The number of rotatable bonds is 5. The first kappa shape index (κ1) is 13.2. The molecule has 18 heavy (non-hydrogen) atoms. The van der Waals surface area contributed by atoms with Gasteiger partial charge in [-0.25, -0.2) is 9.97 Å². The molecule has 0 fully saturated rings. The molecule has 0 N–H and O–H groups in total. The van der Waals surface area contributed by atoms with E-state index in [2.05, 4.69) is 16.9 Å². The monoisotopic (exact) mass is 278 g/mol. The molecule has 0 aliphatic heterocycles. The number of aryl methyl sites for hydroxylation is 2. The molecule has 5 heteroatoms. The quantitative estimate of drug-likeness (QED) is 0.478. The van der Waals surface area contributed by atoms with Gasteiger partial charge in [-0.15, -0.1) is 11.3 Å². The van der Waals surface area contributed by atoms with Crippen LogP contribution in [-0.2, 0) is 6.42 Å². The van der Waals surface area contributed by atoms with E-state index in [1.54, 1.807) is 23.7 Å². The zero-order valence-electron chi connectivity index (χ0n) is 10.3. The Morgan fingerprint density at radius 3 is 2.67 bits per heavy atom. The molecule has 2 rings (SSSR count). The Labute approximate surface area is 115 Å². The molecule has 3 nitrogen and oxygen atoms in total. The minimum absolute atomic E-state index is 0.147. The smallest absolute Gasteiger partial charge is 0.187 e. The predicted octanol–water partition coefficient (Wildman–Crippen LogP) is 3.38. The minimum atomic E-state index is 0.147. The van der Waals surface area contributed by atoms with Crippen molar-refractivity contribution >= 4 is 28.9 Å². The Morgan fingerprint density at radius 2 is 2.06 bits per heavy atom. The largest absolute Gasteiger partial charge is 0.292 e. The zero-order valence-corrected chi connectivity index (χ0v) is 12.0. The van der Waals surface area contributed by atoms with Crippen molar-refractivity contribution in [2.24, 2.45) is 0 Å². The second-order valence-corrected chi connectivity index (χ2v) is 5.99. The molecule has 0 saturated carbocycles. The van der Waals surface area contributed by atoms with Crippen molar-refractivity contribution in [1.82, 2.24) is 9.97 Å². The summed E-state index contributed by atoms with van der Waals surface area (Å²) in [5, 5.41) is 0.654. The summed E-state index contributed by atoms with van der Waals surface area (Å²) in [7, 11) is 0. The van der Waals surface area contributed by atoms with Crippen molar-refractivity contribution in [1.29, 1.82) is 0 Å². The Morgan fingerprint density at radius 1 is 1.33 bits per heavy atom. The molecule has 0 aliphatic rings. The molecule has 94 valence electrons. The van der Waals surface area contributed by atoms with E-state index in [0.717, 1.165) is 16.9 Å². The van der Waals surface area contributed by atoms with Crippen LogP contribution in [0.2, 0.25) is 0 Å². The lowest BCUT2D eigenvalue weighted by Gasteiger charge is -1.98. The number of aromatic nitrogens is 2. The van der Waals surface area contributed by atoms with E-state index in [1.807, 2.05) is 19.1 Å². The number of Topliss-reactive ketones (excluding diaryl/α,β-unsaturated/α-hetero) is 1. The van der Waals surface area contributed by atoms with Crippen LogP contribution in [0, 0.1) is 6.92 Å². The van der Waals surface area contributed by atoms with Crippen LogP contribution >= 0.6 is 23.1 Å². The molecule has 2 aromatic rings. The standard InChI is InChI=1S/C13H14N2OS2/c1-3-10-4-5-12(18-10)11(16)8-17-13-14-6-9(2)7-15-13/h4-7H,3,8H2,1-2H3. The second-order valence-electron chi connectivity index (χ2n) is 3.87. The maximum absolute atomic E-state index is 11.9. The average Bonchev–Trinajstić information content (AvgIpc) is 2.86. The lowest BCUT2D eigenvalue weighted by molar-refractivity contribution is 0.102. The molecule has 0 aliphatic carbocycles. The zero-order chi connectivity index (χ0) is 13.0. The van der Waals surface area contributed by atoms with Gasteiger partial charge in [-0.05, 0) is 31.0 Å². The first-order valence-electron chi connectivity index (χ1n) is 5.72. The van der Waals surface area contributed by atoms with Gasteiger partial charge in [0.1, 0.15) is 0 Å². The lowest BCUT2D eigenvalue weighted by Crippen LogP contribution is -2.00. The van der Waals surface area contributed by atoms with Crippen LogP contribution in [0.1, 0.15) is 27.0 Å². The van der Waals surface area contributed by atoms with E-state index in [1.165, 1.54) is 16.6 Å². The minimum Gasteiger partial charge on any atom is -0.292 e. The Balaban J connectivity index is 1.93. The molecular formula is C13H14N2OS2. The Kier molecular flexibility index (Phi) is 4.49. The second kappa shape index (κ2) is 6.11. The molecule has 0 radical (unpaired) electrons. The van der Waals surface area contributed by atoms with Gasteiger partial charge in [0, 0.05) is 17.3 Å². The number of hydrogen-bond acceptors (Lipinski definition) is 5. The van der Waals surface area contributed by atoms with Crippen molar-refractivity contribution in [2.75, 3.05) is 5.75 Å². The summed E-state index contributed by atoms with van der Waals surface area (Å²) >= 11 is 2.96. The summed E-state index contributed by atoms with van der Waals surface area (Å²) in [5.74, 6) is 0.543. The topological polar surface area (TPSA) is 42.9 Å². The van der Waals surface area contributed by atoms with E-state index >= 15 is 0 Å². The van der Waals surface area contributed by atoms with Gasteiger partial charge in [-0.2, -0.15) is 0 Å². The number of ketones is 1. The van der Waals surface area contributed by atoms with E-state index < -0.39 is 0 Å². The molecule has 0 spiro atoms. The highest BCUT2D eigenvalue weighted by Crippen LogP contribution is 2.20. The van der Waals surface area contributed by atoms with Gasteiger partial charge in [0.25, 0.3) is 0 Å². The highest BCUT2D eigenvalue weighted by molar-refractivity contribution is 7.99. The van der Waals surface area contributed by atoms with Crippen molar-refractivity contribution in [3.05, 3.63) is 39.8 Å². The molecule has 0 aromatic carbocycles. The molecule has 0 atom stereocenters. The fraction of sp³-hybridized carbons (Fsp3) is 0.308. The van der Waals surface area contributed by atoms with E-state index in [9.17, 15) is 4.79 Å². The van der Waals surface area contributed by atoms with E-state index in [0.29, 0.717) is 10.9 Å². The molecule has 2 aromatic heterocycles. The van der Waals surface area contributed by atoms with E-state index in [-0.39, 0.29) is 5.78 Å². The molecule has 2 heterocycles. The van der Waals surface area contributed by atoms with Gasteiger partial charge >= 0.3 is 0 Å². The van der Waals surface area contributed by atoms with Gasteiger partial charge in [-0.3, -0.25) is 4.79 Å². The molecule has 0 saturated heterocycles. The van der Waals surface area contributed by atoms with Gasteiger partial charge < -0.3 is 0 Å². The first-order chi connectivity index (χ1) is 8.69. The SMILES string of the molecule is CCc1ccc(C(=O)CSc2ncc(C)cn2)s1. The van der Waals surface area contributed by atoms with Crippen LogP contribution in [-0.4, -0.2) is 21.5 Å². The third-order valence-corrected chi connectivity index (χ3v) is 4.52.